The Balaban J connectivity index is 2.54. The molecule has 6 nitrogen and oxygen atoms in total. The molecule has 1 atom stereocenters. The molecule has 0 aromatic carbocycles. The number of amides is 1. The van der Waals surface area contributed by atoms with E-state index in [-0.39, 0.29) is 25.7 Å². The Bertz CT molecular complexity index is 339. The van der Waals surface area contributed by atoms with Gasteiger partial charge in [0.25, 0.3) is 6.57 Å². The number of thiol groups is 1. The summed E-state index contributed by atoms with van der Waals surface area (Å²) in [4.78, 5) is 13.1. The normalized spacial score (nSPS) is 22.6. The van der Waals surface area contributed by atoms with E-state index in [9.17, 15) is 14.5 Å². The number of piperidine rings is 1. The number of hydrogen-bond acceptors (Lipinski definition) is 5. The predicted molar refractivity (Wildman–Crippen MR) is 72.9 cm³/mol. The van der Waals surface area contributed by atoms with Crippen molar-refractivity contribution in [3.8, 4) is 0 Å². The zero-order valence-corrected chi connectivity index (χ0v) is 12.3. The van der Waals surface area contributed by atoms with Gasteiger partial charge in [0.2, 0.25) is 5.91 Å². The van der Waals surface area contributed by atoms with E-state index in [0.29, 0.717) is 25.9 Å². The molecular formula is C10H21N2O4PS. The highest BCUT2D eigenvalue weighted by atomic mass is 32.7. The summed E-state index contributed by atoms with van der Waals surface area (Å²) in [5.74, 6) is -0.0854. The first-order valence-electron chi connectivity index (χ1n) is 5.85. The first-order valence-corrected chi connectivity index (χ1v) is 9.08. The molecule has 0 aliphatic carbocycles. The molecule has 1 unspecified atom stereocenters. The maximum absolute atomic E-state index is 11.4. The van der Waals surface area contributed by atoms with Crippen LogP contribution in [0.25, 0.3) is 0 Å². The zero-order valence-electron chi connectivity index (χ0n) is 10.5. The largest absolute Gasteiger partial charge is 0.396 e. The summed E-state index contributed by atoms with van der Waals surface area (Å²) in [6.45, 7) is -0.183. The Morgan fingerprint density at radius 1 is 1.56 bits per heavy atom. The van der Waals surface area contributed by atoms with Gasteiger partial charge in [-0.15, -0.1) is 0 Å². The molecule has 0 saturated carbocycles. The van der Waals surface area contributed by atoms with E-state index < -0.39 is 12.0 Å². The van der Waals surface area contributed by atoms with E-state index in [2.05, 4.69) is 12.2 Å². The minimum absolute atomic E-state index is 0.00340. The molecule has 0 aromatic rings. The molecule has 0 spiro atoms. The molecule has 3 N–H and O–H groups in total. The van der Waals surface area contributed by atoms with Crippen LogP contribution in [0.5, 0.6) is 0 Å². The van der Waals surface area contributed by atoms with Crippen molar-refractivity contribution >= 4 is 24.7 Å². The van der Waals surface area contributed by atoms with Crippen LogP contribution in [0, 0.1) is 5.41 Å². The SMILES string of the molecule is CP(=O)(S)OCC1(CO)CCN(C(=O)CN)CC1. The number of nitrogens with two attached hydrogens (primary N) is 1. The second-order valence-corrected chi connectivity index (χ2v) is 8.86. The lowest BCUT2D eigenvalue weighted by Crippen LogP contribution is -2.48. The highest BCUT2D eigenvalue weighted by Crippen LogP contribution is 2.49. The molecule has 1 aliphatic rings. The third-order valence-electron chi connectivity index (χ3n) is 3.30. The lowest BCUT2D eigenvalue weighted by Gasteiger charge is -2.40. The average molecular weight is 296 g/mol. The molecule has 1 aliphatic heterocycles. The molecule has 0 bridgehead atoms. The summed E-state index contributed by atoms with van der Waals surface area (Å²) < 4.78 is 16.6. The lowest BCUT2D eigenvalue weighted by molar-refractivity contribution is -0.133. The van der Waals surface area contributed by atoms with Crippen molar-refractivity contribution in [2.45, 2.75) is 12.8 Å². The van der Waals surface area contributed by atoms with Crippen molar-refractivity contribution < 1.29 is 19.0 Å². The number of rotatable bonds is 5. The predicted octanol–water partition coefficient (Wildman–Crippen LogP) is 0.316. The minimum Gasteiger partial charge on any atom is -0.396 e. The van der Waals surface area contributed by atoms with Gasteiger partial charge in [-0.3, -0.25) is 9.36 Å². The third kappa shape index (κ3) is 4.55. The number of carbonyl (C=O) groups excluding carboxylic acids is 1. The van der Waals surface area contributed by atoms with Crippen molar-refractivity contribution in [1.29, 1.82) is 0 Å². The van der Waals surface area contributed by atoms with E-state index in [0.717, 1.165) is 0 Å². The number of aliphatic hydroxyl groups is 1. The summed E-state index contributed by atoms with van der Waals surface area (Å²) >= 11 is 3.87. The van der Waals surface area contributed by atoms with Crippen molar-refractivity contribution in [3.63, 3.8) is 0 Å². The van der Waals surface area contributed by atoms with Crippen LogP contribution < -0.4 is 5.73 Å². The Kier molecular flexibility index (Phi) is 5.67. The lowest BCUT2D eigenvalue weighted by atomic mass is 9.80. The fourth-order valence-electron chi connectivity index (χ4n) is 1.96. The molecule has 1 fully saturated rings. The van der Waals surface area contributed by atoms with Gasteiger partial charge in [0.1, 0.15) is 0 Å². The van der Waals surface area contributed by atoms with Crippen LogP contribution in [0.2, 0.25) is 0 Å². The van der Waals surface area contributed by atoms with Crippen LogP contribution in [0.4, 0.5) is 0 Å². The summed E-state index contributed by atoms with van der Waals surface area (Å²) in [7, 11) is 0. The molecule has 0 aromatic heterocycles. The highest BCUT2D eigenvalue weighted by molar-refractivity contribution is 8.46. The van der Waals surface area contributed by atoms with Gasteiger partial charge >= 0.3 is 0 Å². The summed E-state index contributed by atoms with van der Waals surface area (Å²) in [5.41, 5.74) is 4.88. The van der Waals surface area contributed by atoms with Crippen LogP contribution in [0.3, 0.4) is 0 Å². The maximum atomic E-state index is 11.4. The van der Waals surface area contributed by atoms with Gasteiger partial charge in [0, 0.05) is 25.2 Å². The Hall–Kier alpha value is -0.0700. The van der Waals surface area contributed by atoms with Gasteiger partial charge in [0.15, 0.2) is 0 Å². The molecule has 1 rings (SSSR count). The molecule has 1 saturated heterocycles. The number of carbonyl (C=O) groups is 1. The second-order valence-electron chi connectivity index (χ2n) is 4.82. The topological polar surface area (TPSA) is 92.9 Å². The van der Waals surface area contributed by atoms with E-state index in [4.69, 9.17) is 10.3 Å². The van der Waals surface area contributed by atoms with Gasteiger partial charge in [-0.05, 0) is 12.8 Å². The summed E-state index contributed by atoms with van der Waals surface area (Å²) in [5, 5.41) is 9.50. The summed E-state index contributed by atoms with van der Waals surface area (Å²) in [6.07, 6.45) is 1.23. The van der Waals surface area contributed by atoms with Crippen molar-refractivity contribution in [2.75, 3.05) is 39.5 Å². The first kappa shape index (κ1) is 16.0. The molecular weight excluding hydrogens is 275 g/mol. The van der Waals surface area contributed by atoms with Gasteiger partial charge < -0.3 is 20.3 Å². The number of hydrogen-bond donors (Lipinski definition) is 3. The second kappa shape index (κ2) is 6.39. The Morgan fingerprint density at radius 2 is 2.11 bits per heavy atom. The fraction of sp³-hybridized carbons (Fsp3) is 0.900. The maximum Gasteiger partial charge on any atom is 0.251 e. The molecule has 1 amide bonds. The van der Waals surface area contributed by atoms with E-state index in [1.807, 2.05) is 0 Å². The van der Waals surface area contributed by atoms with Crippen LogP contribution in [0.1, 0.15) is 12.8 Å². The Morgan fingerprint density at radius 3 is 2.50 bits per heavy atom. The Labute approximate surface area is 112 Å². The monoisotopic (exact) mass is 296 g/mol. The molecule has 1 heterocycles. The molecule has 18 heavy (non-hydrogen) atoms. The summed E-state index contributed by atoms with van der Waals surface area (Å²) in [6, 6.07) is 0. The van der Waals surface area contributed by atoms with Crippen molar-refractivity contribution in [2.24, 2.45) is 11.1 Å². The number of likely N-dealkylation sites (tertiary alicyclic amines) is 1. The van der Waals surface area contributed by atoms with Crippen LogP contribution >= 0.6 is 18.8 Å². The number of aliphatic hydroxyl groups excluding tert-OH is 1. The molecule has 8 heteroatoms. The molecule has 106 valence electrons. The quantitative estimate of drug-likeness (QED) is 0.502. The highest BCUT2D eigenvalue weighted by Gasteiger charge is 2.36. The van der Waals surface area contributed by atoms with E-state index in [1.165, 1.54) is 6.66 Å². The average Bonchev–Trinajstić information content (AvgIpc) is 2.35. The van der Waals surface area contributed by atoms with E-state index in [1.54, 1.807) is 4.90 Å². The first-order chi connectivity index (χ1) is 8.32. The zero-order chi connectivity index (χ0) is 13.8. The molecule has 0 radical (unpaired) electrons. The van der Waals surface area contributed by atoms with Crippen molar-refractivity contribution in [3.05, 3.63) is 0 Å². The van der Waals surface area contributed by atoms with Gasteiger partial charge in [-0.2, -0.15) is 0 Å². The van der Waals surface area contributed by atoms with Gasteiger partial charge in [-0.25, -0.2) is 0 Å². The number of nitrogens with zero attached hydrogens (tertiary/aromatic N) is 1. The van der Waals surface area contributed by atoms with Gasteiger partial charge in [0.05, 0.1) is 19.8 Å². The minimum atomic E-state index is -2.85. The van der Waals surface area contributed by atoms with Crippen LogP contribution in [-0.4, -0.2) is 55.4 Å². The fourth-order valence-corrected chi connectivity index (χ4v) is 2.65. The third-order valence-corrected chi connectivity index (χ3v) is 4.25. The standard InChI is InChI=1S/C10H21N2O4PS/c1-17(15,18)16-8-10(7-13)2-4-12(5-3-10)9(14)6-11/h13H,2-8,11H2,1H3,(H,15,18). The van der Waals surface area contributed by atoms with Crippen LogP contribution in [0.15, 0.2) is 0 Å². The van der Waals surface area contributed by atoms with Crippen molar-refractivity contribution in [1.82, 2.24) is 4.90 Å². The van der Waals surface area contributed by atoms with Crippen LogP contribution in [-0.2, 0) is 13.9 Å². The smallest absolute Gasteiger partial charge is 0.251 e. The van der Waals surface area contributed by atoms with Gasteiger partial charge in [-0.1, -0.05) is 12.2 Å². The van der Waals surface area contributed by atoms with E-state index >= 15 is 0 Å².